The predicted octanol–water partition coefficient (Wildman–Crippen LogP) is -0.0679. The van der Waals surface area contributed by atoms with Crippen molar-refractivity contribution in [2.75, 3.05) is 13.1 Å². The van der Waals surface area contributed by atoms with Gasteiger partial charge in [-0.2, -0.15) is 4.91 Å². The summed E-state index contributed by atoms with van der Waals surface area (Å²) < 4.78 is 5.02. The average molecular weight is 232 g/mol. The molecule has 7 heteroatoms. The number of nitrogens with one attached hydrogen (secondary N) is 1. The van der Waals surface area contributed by atoms with E-state index in [9.17, 15) is 9.70 Å². The Hall–Kier alpha value is -1.21. The lowest BCUT2D eigenvalue weighted by Gasteiger charge is -2.24. The molecule has 0 fully saturated rings. The van der Waals surface area contributed by atoms with Crippen molar-refractivity contribution in [1.82, 2.24) is 5.32 Å². The van der Waals surface area contributed by atoms with E-state index in [0.29, 0.717) is 0 Å². The third-order valence-corrected chi connectivity index (χ3v) is 1.80. The summed E-state index contributed by atoms with van der Waals surface area (Å²) in [7, 11) is 0. The SMILES string of the molecule is CC(C)(C)OC(=O)N[C@@H](CN)C(CN)N=O. The van der Waals surface area contributed by atoms with Crippen LogP contribution in [0.5, 0.6) is 0 Å². The molecule has 16 heavy (non-hydrogen) atoms. The number of amides is 1. The number of carbonyl (C=O) groups is 1. The summed E-state index contributed by atoms with van der Waals surface area (Å²) in [6.45, 7) is 5.32. The van der Waals surface area contributed by atoms with E-state index in [0.717, 1.165) is 0 Å². The van der Waals surface area contributed by atoms with Crippen molar-refractivity contribution < 1.29 is 9.53 Å². The van der Waals surface area contributed by atoms with Gasteiger partial charge in [-0.25, -0.2) is 4.79 Å². The summed E-state index contributed by atoms with van der Waals surface area (Å²) in [5.41, 5.74) is 10.1. The molecule has 2 atom stereocenters. The quantitative estimate of drug-likeness (QED) is 0.573. The number of nitrogens with zero attached hydrogens (tertiary/aromatic N) is 1. The molecule has 0 aromatic rings. The van der Waals surface area contributed by atoms with Crippen molar-refractivity contribution in [2.24, 2.45) is 16.6 Å². The molecule has 0 heterocycles. The standard InChI is InChI=1S/C9H20N4O3/c1-9(2,3)16-8(14)12-6(4-10)7(5-11)13-15/h6-7H,4-5,10-11H2,1-3H3,(H,12,14)/t6-,7?/m0/s1. The van der Waals surface area contributed by atoms with Gasteiger partial charge >= 0.3 is 6.09 Å². The van der Waals surface area contributed by atoms with E-state index in [4.69, 9.17) is 16.2 Å². The lowest BCUT2D eigenvalue weighted by molar-refractivity contribution is 0.0499. The highest BCUT2D eigenvalue weighted by molar-refractivity contribution is 5.68. The zero-order chi connectivity index (χ0) is 12.8. The van der Waals surface area contributed by atoms with Crippen LogP contribution in [0, 0.1) is 4.91 Å². The maximum absolute atomic E-state index is 11.4. The van der Waals surface area contributed by atoms with Crippen LogP contribution in [-0.4, -0.2) is 36.9 Å². The van der Waals surface area contributed by atoms with E-state index in [-0.39, 0.29) is 13.1 Å². The van der Waals surface area contributed by atoms with Gasteiger partial charge < -0.3 is 21.5 Å². The van der Waals surface area contributed by atoms with Crippen LogP contribution in [0.3, 0.4) is 0 Å². The first-order chi connectivity index (χ1) is 7.34. The molecule has 5 N–H and O–H groups in total. The fourth-order valence-electron chi connectivity index (χ4n) is 1.05. The molecule has 0 aromatic carbocycles. The third kappa shape index (κ3) is 5.62. The van der Waals surface area contributed by atoms with Gasteiger partial charge in [0.25, 0.3) is 0 Å². The van der Waals surface area contributed by atoms with Crippen molar-refractivity contribution >= 4 is 6.09 Å². The number of hydrogen-bond acceptors (Lipinski definition) is 6. The molecule has 7 nitrogen and oxygen atoms in total. The number of ether oxygens (including phenoxy) is 1. The fourth-order valence-corrected chi connectivity index (χ4v) is 1.05. The zero-order valence-electron chi connectivity index (χ0n) is 9.90. The van der Waals surface area contributed by atoms with Crippen molar-refractivity contribution in [2.45, 2.75) is 38.5 Å². The molecule has 0 bridgehead atoms. The Labute approximate surface area is 94.9 Å². The minimum Gasteiger partial charge on any atom is -0.444 e. The lowest BCUT2D eigenvalue weighted by Crippen LogP contribution is -2.51. The van der Waals surface area contributed by atoms with Crippen LogP contribution in [0.2, 0.25) is 0 Å². The van der Waals surface area contributed by atoms with Crippen molar-refractivity contribution in [1.29, 1.82) is 0 Å². The molecule has 0 rings (SSSR count). The lowest BCUT2D eigenvalue weighted by atomic mass is 10.1. The van der Waals surface area contributed by atoms with E-state index in [2.05, 4.69) is 10.5 Å². The van der Waals surface area contributed by atoms with Crippen LogP contribution in [0.15, 0.2) is 5.18 Å². The van der Waals surface area contributed by atoms with Gasteiger partial charge in [0.2, 0.25) is 0 Å². The first kappa shape index (κ1) is 14.8. The van der Waals surface area contributed by atoms with Crippen molar-refractivity contribution in [3.8, 4) is 0 Å². The van der Waals surface area contributed by atoms with E-state index >= 15 is 0 Å². The number of alkyl carbamates (subject to hydrolysis) is 1. The van der Waals surface area contributed by atoms with Crippen LogP contribution >= 0.6 is 0 Å². The molecule has 0 spiro atoms. The van der Waals surface area contributed by atoms with Crippen LogP contribution in [-0.2, 0) is 4.74 Å². The second-order valence-electron chi connectivity index (χ2n) is 4.40. The van der Waals surface area contributed by atoms with Crippen LogP contribution < -0.4 is 16.8 Å². The molecule has 0 saturated carbocycles. The molecule has 0 aliphatic carbocycles. The van der Waals surface area contributed by atoms with Crippen LogP contribution in [0.4, 0.5) is 4.79 Å². The summed E-state index contributed by atoms with van der Waals surface area (Å²) in [4.78, 5) is 21.8. The second kappa shape index (κ2) is 6.39. The van der Waals surface area contributed by atoms with Crippen molar-refractivity contribution in [3.63, 3.8) is 0 Å². The van der Waals surface area contributed by atoms with Gasteiger partial charge in [-0.3, -0.25) is 0 Å². The maximum atomic E-state index is 11.4. The molecular formula is C9H20N4O3. The number of carbonyl (C=O) groups excluding carboxylic acids is 1. The van der Waals surface area contributed by atoms with Gasteiger partial charge in [0.05, 0.1) is 6.04 Å². The number of nitroso groups, excluding NO2 is 1. The van der Waals surface area contributed by atoms with E-state index in [1.165, 1.54) is 0 Å². The minimum atomic E-state index is -0.738. The Balaban J connectivity index is 4.32. The Morgan fingerprint density at radius 2 is 1.94 bits per heavy atom. The van der Waals surface area contributed by atoms with Gasteiger partial charge in [0, 0.05) is 13.1 Å². The molecule has 1 amide bonds. The number of hydrogen-bond donors (Lipinski definition) is 3. The molecule has 0 aliphatic heterocycles. The van der Waals surface area contributed by atoms with Gasteiger partial charge in [-0.1, -0.05) is 5.18 Å². The highest BCUT2D eigenvalue weighted by Gasteiger charge is 2.24. The number of nitrogens with two attached hydrogens (primary N) is 2. The monoisotopic (exact) mass is 232 g/mol. The molecule has 1 unspecified atom stereocenters. The van der Waals surface area contributed by atoms with Gasteiger partial charge in [0.1, 0.15) is 11.6 Å². The topological polar surface area (TPSA) is 120 Å². The highest BCUT2D eigenvalue weighted by atomic mass is 16.6. The molecule has 0 saturated heterocycles. The summed E-state index contributed by atoms with van der Waals surface area (Å²) >= 11 is 0. The normalized spacial score (nSPS) is 15.1. The summed E-state index contributed by atoms with van der Waals surface area (Å²) in [5.74, 6) is 0. The fraction of sp³-hybridized carbons (Fsp3) is 0.889. The van der Waals surface area contributed by atoms with E-state index in [1.54, 1.807) is 20.8 Å². The zero-order valence-corrected chi connectivity index (χ0v) is 9.90. The highest BCUT2D eigenvalue weighted by Crippen LogP contribution is 2.07. The summed E-state index contributed by atoms with van der Waals surface area (Å²) in [6.07, 6.45) is -0.634. The third-order valence-electron chi connectivity index (χ3n) is 1.80. The second-order valence-corrected chi connectivity index (χ2v) is 4.40. The smallest absolute Gasteiger partial charge is 0.407 e. The van der Waals surface area contributed by atoms with Gasteiger partial charge in [-0.15, -0.1) is 0 Å². The Kier molecular flexibility index (Phi) is 5.91. The maximum Gasteiger partial charge on any atom is 0.407 e. The molecule has 94 valence electrons. The van der Waals surface area contributed by atoms with E-state index < -0.39 is 23.8 Å². The predicted molar refractivity (Wildman–Crippen MR) is 60.8 cm³/mol. The Morgan fingerprint density at radius 3 is 2.25 bits per heavy atom. The summed E-state index contributed by atoms with van der Waals surface area (Å²) in [6, 6.07) is -1.34. The Morgan fingerprint density at radius 1 is 1.38 bits per heavy atom. The number of rotatable bonds is 5. The van der Waals surface area contributed by atoms with Crippen LogP contribution in [0.25, 0.3) is 0 Å². The molecule has 0 radical (unpaired) electrons. The summed E-state index contributed by atoms with van der Waals surface area (Å²) in [5, 5.41) is 5.27. The van der Waals surface area contributed by atoms with Crippen molar-refractivity contribution in [3.05, 3.63) is 4.91 Å². The average Bonchev–Trinajstić information content (AvgIpc) is 2.15. The van der Waals surface area contributed by atoms with Crippen LogP contribution in [0.1, 0.15) is 20.8 Å². The Bertz CT molecular complexity index is 239. The first-order valence-corrected chi connectivity index (χ1v) is 5.06. The van der Waals surface area contributed by atoms with Gasteiger partial charge in [-0.05, 0) is 20.8 Å². The van der Waals surface area contributed by atoms with Gasteiger partial charge in [0.15, 0.2) is 0 Å². The molecular weight excluding hydrogens is 212 g/mol. The first-order valence-electron chi connectivity index (χ1n) is 5.06. The largest absolute Gasteiger partial charge is 0.444 e. The molecule has 0 aliphatic rings. The molecule has 0 aromatic heterocycles. The van der Waals surface area contributed by atoms with E-state index in [1.807, 2.05) is 0 Å². The minimum absolute atomic E-state index is 0.0289.